The van der Waals surface area contributed by atoms with Crippen molar-refractivity contribution in [3.8, 4) is 0 Å². The van der Waals surface area contributed by atoms with E-state index in [9.17, 15) is 14.0 Å². The fourth-order valence-electron chi connectivity index (χ4n) is 2.46. The van der Waals surface area contributed by atoms with Crippen molar-refractivity contribution < 1.29 is 18.7 Å². The van der Waals surface area contributed by atoms with Crippen LogP contribution < -0.4 is 5.73 Å². The van der Waals surface area contributed by atoms with Gasteiger partial charge in [0.2, 0.25) is 5.91 Å². The van der Waals surface area contributed by atoms with Gasteiger partial charge in [-0.25, -0.2) is 4.39 Å². The smallest absolute Gasteiger partial charge is 0.303 e. The Hall–Kier alpha value is -1.31. The highest BCUT2D eigenvalue weighted by Gasteiger charge is 2.33. The molecular weight excluding hydrogens is 355 g/mol. The van der Waals surface area contributed by atoms with Gasteiger partial charge >= 0.3 is 5.97 Å². The Kier molecular flexibility index (Phi) is 11.7. The number of ether oxygens (including phenoxy) is 1. The third kappa shape index (κ3) is 6.30. The molecule has 0 unspecified atom stereocenters. The van der Waals surface area contributed by atoms with Gasteiger partial charge in [0.25, 0.3) is 0 Å². The van der Waals surface area contributed by atoms with Gasteiger partial charge in [-0.3, -0.25) is 9.59 Å². The monoisotopic (exact) mass is 380 g/mol. The summed E-state index contributed by atoms with van der Waals surface area (Å²) in [5.74, 6) is -1.18. The number of amides is 1. The van der Waals surface area contributed by atoms with Crippen LogP contribution in [-0.2, 0) is 14.3 Å². The summed E-state index contributed by atoms with van der Waals surface area (Å²) in [6.45, 7) is 2.59. The maximum absolute atomic E-state index is 13.0. The van der Waals surface area contributed by atoms with Crippen LogP contribution in [0.5, 0.6) is 0 Å². The molecule has 1 aliphatic rings. The summed E-state index contributed by atoms with van der Waals surface area (Å²) in [5.41, 5.74) is 6.50. The van der Waals surface area contributed by atoms with Gasteiger partial charge in [-0.1, -0.05) is 19.6 Å². The lowest BCUT2D eigenvalue weighted by molar-refractivity contribution is -0.151. The lowest BCUT2D eigenvalue weighted by atomic mass is 10.0. The van der Waals surface area contributed by atoms with Gasteiger partial charge in [0, 0.05) is 20.0 Å². The number of nitrogens with two attached hydrogens (primary N) is 1. The number of likely N-dealkylation sites (tertiary alicyclic amines) is 1. The topological polar surface area (TPSA) is 72.6 Å². The Morgan fingerprint density at radius 2 is 1.71 bits per heavy atom. The molecule has 5 nitrogen and oxygen atoms in total. The number of hydrogen-bond acceptors (Lipinski definition) is 4. The van der Waals surface area contributed by atoms with Gasteiger partial charge in [-0.2, -0.15) is 13.5 Å². The third-order valence-corrected chi connectivity index (χ3v) is 3.52. The van der Waals surface area contributed by atoms with Gasteiger partial charge in [0.1, 0.15) is 11.9 Å². The van der Waals surface area contributed by atoms with Gasteiger partial charge in [0.15, 0.2) is 6.10 Å². The van der Waals surface area contributed by atoms with Gasteiger partial charge < -0.3 is 15.4 Å². The molecule has 1 heterocycles. The second kappa shape index (κ2) is 11.3. The number of carbonyl (C=O) groups is 2. The molecule has 8 heteroatoms. The first-order valence-electron chi connectivity index (χ1n) is 6.96. The number of nitrogens with zero attached hydrogens (tertiary/aromatic N) is 1. The molecule has 138 valence electrons. The molecule has 1 aliphatic heterocycles. The number of benzene rings is 1. The summed E-state index contributed by atoms with van der Waals surface area (Å²) in [6.07, 6.45) is 0.997. The van der Waals surface area contributed by atoms with Crippen molar-refractivity contribution in [3.05, 3.63) is 35.6 Å². The first-order chi connectivity index (χ1) is 9.99. The summed E-state index contributed by atoms with van der Waals surface area (Å²) in [5, 5.41) is 0. The maximum Gasteiger partial charge on any atom is 0.303 e. The molecular formula is C16H26ClFN2O3S. The van der Waals surface area contributed by atoms with Gasteiger partial charge in [0.05, 0.1) is 0 Å². The quantitative estimate of drug-likeness (QED) is 0.815. The molecule has 1 aromatic carbocycles. The van der Waals surface area contributed by atoms with E-state index >= 15 is 0 Å². The SMILES string of the molecule is C.CC(=O)O[C@@H](c1ccc(F)cc1)[C@@H](N)C(=O)N1CCCC1.Cl.S. The van der Waals surface area contributed by atoms with E-state index in [-0.39, 0.29) is 39.2 Å². The second-order valence-electron chi connectivity index (χ2n) is 5.14. The fourth-order valence-corrected chi connectivity index (χ4v) is 2.46. The van der Waals surface area contributed by atoms with Crippen LogP contribution in [0.1, 0.15) is 38.9 Å². The summed E-state index contributed by atoms with van der Waals surface area (Å²) in [7, 11) is 0. The van der Waals surface area contributed by atoms with E-state index in [1.54, 1.807) is 4.90 Å². The zero-order chi connectivity index (χ0) is 15.4. The Labute approximate surface area is 155 Å². The van der Waals surface area contributed by atoms with Crippen molar-refractivity contribution in [2.24, 2.45) is 5.73 Å². The molecule has 0 aliphatic carbocycles. The Morgan fingerprint density at radius 1 is 1.21 bits per heavy atom. The molecule has 2 N–H and O–H groups in total. The summed E-state index contributed by atoms with van der Waals surface area (Å²) in [6, 6.07) is 4.45. The van der Waals surface area contributed by atoms with Crippen LogP contribution in [0.2, 0.25) is 0 Å². The molecule has 24 heavy (non-hydrogen) atoms. The highest BCUT2D eigenvalue weighted by molar-refractivity contribution is 7.59. The first kappa shape index (κ1) is 24.9. The van der Waals surface area contributed by atoms with Crippen molar-refractivity contribution in [2.45, 2.75) is 39.3 Å². The predicted octanol–water partition coefficient (Wildman–Crippen LogP) is 2.55. The summed E-state index contributed by atoms with van der Waals surface area (Å²) < 4.78 is 18.2. The fraction of sp³-hybridized carbons (Fsp3) is 0.500. The number of halogens is 2. The lowest BCUT2D eigenvalue weighted by Crippen LogP contribution is -2.46. The molecule has 0 bridgehead atoms. The molecule has 2 rings (SSSR count). The van der Waals surface area contributed by atoms with E-state index in [1.807, 2.05) is 0 Å². The molecule has 1 amide bonds. The third-order valence-electron chi connectivity index (χ3n) is 3.52. The van der Waals surface area contributed by atoms with Crippen LogP contribution in [0, 0.1) is 5.82 Å². The zero-order valence-electron chi connectivity index (χ0n) is 12.8. The highest BCUT2D eigenvalue weighted by Crippen LogP contribution is 2.23. The molecule has 2 atom stereocenters. The maximum atomic E-state index is 13.0. The first-order valence-corrected chi connectivity index (χ1v) is 6.96. The molecule has 0 radical (unpaired) electrons. The lowest BCUT2D eigenvalue weighted by Gasteiger charge is -2.27. The number of esters is 1. The molecule has 0 spiro atoms. The minimum Gasteiger partial charge on any atom is -0.455 e. The number of hydrogen-bond donors (Lipinski definition) is 1. The van der Waals surface area contributed by atoms with Crippen molar-refractivity contribution in [2.75, 3.05) is 13.1 Å². The van der Waals surface area contributed by atoms with E-state index in [0.29, 0.717) is 18.7 Å². The zero-order valence-corrected chi connectivity index (χ0v) is 14.6. The molecule has 0 aromatic heterocycles. The standard InChI is InChI=1S/C15H19FN2O3.CH4.ClH.H2S/c1-10(19)21-14(11-4-6-12(16)7-5-11)13(17)15(20)18-8-2-3-9-18;;;/h4-7,13-14H,2-3,8-9,17H2,1H3;1H4;1H;1H2/t13-,14+;;;/m1.../s1. The molecule has 1 fully saturated rings. The van der Waals surface area contributed by atoms with Gasteiger partial charge in [-0.05, 0) is 30.5 Å². The number of rotatable bonds is 4. The van der Waals surface area contributed by atoms with Crippen LogP contribution in [0.3, 0.4) is 0 Å². The normalized spacial score (nSPS) is 15.2. The Balaban J connectivity index is 0. The van der Waals surface area contributed by atoms with Crippen LogP contribution in [0.25, 0.3) is 0 Å². The van der Waals surface area contributed by atoms with Crippen molar-refractivity contribution >= 4 is 37.8 Å². The summed E-state index contributed by atoms with van der Waals surface area (Å²) in [4.78, 5) is 25.3. The predicted molar refractivity (Wildman–Crippen MR) is 99.1 cm³/mol. The van der Waals surface area contributed by atoms with Crippen molar-refractivity contribution in [1.82, 2.24) is 4.90 Å². The van der Waals surface area contributed by atoms with E-state index in [1.165, 1.54) is 31.2 Å². The van der Waals surface area contributed by atoms with Crippen LogP contribution in [-0.4, -0.2) is 35.9 Å². The van der Waals surface area contributed by atoms with Crippen LogP contribution in [0.15, 0.2) is 24.3 Å². The Morgan fingerprint density at radius 3 is 2.17 bits per heavy atom. The average molecular weight is 381 g/mol. The average Bonchev–Trinajstić information content (AvgIpc) is 2.98. The second-order valence-corrected chi connectivity index (χ2v) is 5.14. The van der Waals surface area contributed by atoms with Crippen LogP contribution >= 0.6 is 25.9 Å². The van der Waals surface area contributed by atoms with Crippen molar-refractivity contribution in [1.29, 1.82) is 0 Å². The van der Waals surface area contributed by atoms with E-state index in [0.717, 1.165) is 12.8 Å². The molecule has 0 saturated carbocycles. The number of carbonyl (C=O) groups excluding carboxylic acids is 2. The van der Waals surface area contributed by atoms with E-state index in [4.69, 9.17) is 10.5 Å². The minimum absolute atomic E-state index is 0. The molecule has 1 aromatic rings. The Bertz CT molecular complexity index is 525. The minimum atomic E-state index is -0.988. The highest BCUT2D eigenvalue weighted by atomic mass is 35.5. The van der Waals surface area contributed by atoms with Crippen LogP contribution in [0.4, 0.5) is 4.39 Å². The van der Waals surface area contributed by atoms with E-state index < -0.39 is 23.9 Å². The summed E-state index contributed by atoms with van der Waals surface area (Å²) >= 11 is 0. The van der Waals surface area contributed by atoms with E-state index in [2.05, 4.69) is 0 Å². The largest absolute Gasteiger partial charge is 0.455 e. The van der Waals surface area contributed by atoms with Gasteiger partial charge in [-0.15, -0.1) is 12.4 Å². The molecule has 1 saturated heterocycles. The van der Waals surface area contributed by atoms with Crippen molar-refractivity contribution in [3.63, 3.8) is 0 Å².